The summed E-state index contributed by atoms with van der Waals surface area (Å²) in [6.45, 7) is 1.36. The Kier molecular flexibility index (Phi) is 2.99. The smallest absolute Gasteiger partial charge is 0.379 e. The number of rotatable bonds is 2. The van der Waals surface area contributed by atoms with Crippen LogP contribution >= 0.6 is 11.6 Å². The first-order valence-corrected chi connectivity index (χ1v) is 5.18. The number of hydrogen-bond donors (Lipinski definition) is 2. The van der Waals surface area contributed by atoms with E-state index in [1.165, 1.54) is 12.1 Å². The fraction of sp³-hybridized carbons (Fsp3) is 0.400. The summed E-state index contributed by atoms with van der Waals surface area (Å²) in [5.74, 6) is 0. The second kappa shape index (κ2) is 4.14. The van der Waals surface area contributed by atoms with Crippen molar-refractivity contribution >= 4 is 17.3 Å². The number of nitrogens with one attached hydrogen (secondary N) is 2. The molecule has 0 atom stereocenters. The van der Waals surface area contributed by atoms with Gasteiger partial charge in [-0.15, -0.1) is 0 Å². The minimum Gasteiger partial charge on any atom is -0.379 e. The van der Waals surface area contributed by atoms with Gasteiger partial charge in [0, 0.05) is 23.8 Å². The average molecular weight is 251 g/mol. The van der Waals surface area contributed by atoms with Crippen molar-refractivity contribution in [2.24, 2.45) is 0 Å². The standard InChI is InChI=1S/C10H10ClF3N2/c11-6-1-2-9(16-7-4-15-5-7)8(3-6)10(12,13)14/h1-3,7,15-16H,4-5H2. The first-order valence-electron chi connectivity index (χ1n) is 4.81. The minimum atomic E-state index is -4.38. The zero-order chi connectivity index (χ0) is 11.8. The van der Waals surface area contributed by atoms with Crippen LogP contribution in [0.3, 0.4) is 0 Å². The first-order chi connectivity index (χ1) is 7.47. The Bertz CT molecular complexity index is 388. The normalized spacial score (nSPS) is 17.0. The summed E-state index contributed by atoms with van der Waals surface area (Å²) in [6.07, 6.45) is -4.38. The molecule has 6 heteroatoms. The van der Waals surface area contributed by atoms with Gasteiger partial charge in [-0.2, -0.15) is 13.2 Å². The van der Waals surface area contributed by atoms with Crippen LogP contribution in [0.25, 0.3) is 0 Å². The molecule has 16 heavy (non-hydrogen) atoms. The highest BCUT2D eigenvalue weighted by Crippen LogP contribution is 2.36. The number of benzene rings is 1. The fourth-order valence-corrected chi connectivity index (χ4v) is 1.66. The third-order valence-electron chi connectivity index (χ3n) is 2.43. The third-order valence-corrected chi connectivity index (χ3v) is 2.66. The molecule has 1 saturated heterocycles. The van der Waals surface area contributed by atoms with E-state index in [-0.39, 0.29) is 16.8 Å². The maximum atomic E-state index is 12.7. The van der Waals surface area contributed by atoms with Gasteiger partial charge in [-0.1, -0.05) is 11.6 Å². The first kappa shape index (κ1) is 11.5. The Morgan fingerprint density at radius 2 is 2.00 bits per heavy atom. The molecule has 1 aromatic rings. The van der Waals surface area contributed by atoms with E-state index in [1.807, 2.05) is 0 Å². The van der Waals surface area contributed by atoms with E-state index >= 15 is 0 Å². The Labute approximate surface area is 95.8 Å². The summed E-state index contributed by atoms with van der Waals surface area (Å²) in [6, 6.07) is 3.81. The van der Waals surface area contributed by atoms with Crippen LogP contribution in [0, 0.1) is 0 Å². The van der Waals surface area contributed by atoms with Crippen molar-refractivity contribution in [2.75, 3.05) is 18.4 Å². The number of hydrogen-bond acceptors (Lipinski definition) is 2. The van der Waals surface area contributed by atoms with Gasteiger partial charge in [-0.3, -0.25) is 0 Å². The molecule has 1 aromatic carbocycles. The summed E-state index contributed by atoms with van der Waals surface area (Å²) >= 11 is 5.57. The van der Waals surface area contributed by atoms with Gasteiger partial charge >= 0.3 is 6.18 Å². The zero-order valence-corrected chi connectivity index (χ0v) is 8.99. The predicted molar refractivity (Wildman–Crippen MR) is 56.7 cm³/mol. The Morgan fingerprint density at radius 1 is 1.31 bits per heavy atom. The molecule has 0 unspecified atom stereocenters. The fourth-order valence-electron chi connectivity index (χ4n) is 1.49. The van der Waals surface area contributed by atoms with E-state index in [4.69, 9.17) is 11.6 Å². The van der Waals surface area contributed by atoms with Crippen molar-refractivity contribution in [2.45, 2.75) is 12.2 Å². The number of alkyl halides is 3. The largest absolute Gasteiger partial charge is 0.418 e. The Hall–Kier alpha value is -0.940. The van der Waals surface area contributed by atoms with Gasteiger partial charge in [-0.25, -0.2) is 0 Å². The maximum Gasteiger partial charge on any atom is 0.418 e. The zero-order valence-electron chi connectivity index (χ0n) is 8.24. The summed E-state index contributed by atoms with van der Waals surface area (Å²) in [7, 11) is 0. The van der Waals surface area contributed by atoms with E-state index in [9.17, 15) is 13.2 Å². The predicted octanol–water partition coefficient (Wildman–Crippen LogP) is 2.74. The highest BCUT2D eigenvalue weighted by atomic mass is 35.5. The van der Waals surface area contributed by atoms with Crippen LogP contribution in [-0.2, 0) is 6.18 Å². The van der Waals surface area contributed by atoms with Crippen molar-refractivity contribution in [1.82, 2.24) is 5.32 Å². The third kappa shape index (κ3) is 2.41. The van der Waals surface area contributed by atoms with Crippen molar-refractivity contribution in [1.29, 1.82) is 0 Å². The van der Waals surface area contributed by atoms with Crippen LogP contribution in [0.1, 0.15) is 5.56 Å². The van der Waals surface area contributed by atoms with Crippen LogP contribution in [0.4, 0.5) is 18.9 Å². The molecule has 2 nitrogen and oxygen atoms in total. The molecule has 1 heterocycles. The van der Waals surface area contributed by atoms with Crippen LogP contribution < -0.4 is 10.6 Å². The molecule has 2 rings (SSSR count). The topological polar surface area (TPSA) is 24.1 Å². The van der Waals surface area contributed by atoms with E-state index in [0.29, 0.717) is 13.1 Å². The molecule has 0 bridgehead atoms. The average Bonchev–Trinajstić information content (AvgIpc) is 2.11. The Morgan fingerprint density at radius 3 is 2.50 bits per heavy atom. The molecule has 88 valence electrons. The van der Waals surface area contributed by atoms with Crippen LogP contribution in [0.2, 0.25) is 5.02 Å². The van der Waals surface area contributed by atoms with Crippen molar-refractivity contribution < 1.29 is 13.2 Å². The molecule has 0 aromatic heterocycles. The second-order valence-corrected chi connectivity index (χ2v) is 4.12. The molecule has 2 N–H and O–H groups in total. The molecule has 1 aliphatic rings. The van der Waals surface area contributed by atoms with Gasteiger partial charge in [0.2, 0.25) is 0 Å². The van der Waals surface area contributed by atoms with Gasteiger partial charge in [0.25, 0.3) is 0 Å². The quantitative estimate of drug-likeness (QED) is 0.843. The van der Waals surface area contributed by atoms with Gasteiger partial charge in [-0.05, 0) is 18.2 Å². The van der Waals surface area contributed by atoms with E-state index in [1.54, 1.807) is 0 Å². The van der Waals surface area contributed by atoms with Gasteiger partial charge < -0.3 is 10.6 Å². The van der Waals surface area contributed by atoms with Gasteiger partial charge in [0.15, 0.2) is 0 Å². The van der Waals surface area contributed by atoms with E-state index in [0.717, 1.165) is 6.07 Å². The lowest BCUT2D eigenvalue weighted by Crippen LogP contribution is -2.51. The summed E-state index contributed by atoms with van der Waals surface area (Å²) < 4.78 is 38.1. The van der Waals surface area contributed by atoms with Crippen molar-refractivity contribution in [3.63, 3.8) is 0 Å². The number of halogens is 4. The summed E-state index contributed by atoms with van der Waals surface area (Å²) in [5.41, 5.74) is -0.629. The second-order valence-electron chi connectivity index (χ2n) is 3.69. The SMILES string of the molecule is FC(F)(F)c1cc(Cl)ccc1NC1CNC1. The Balaban J connectivity index is 2.28. The molecular formula is C10H10ClF3N2. The van der Waals surface area contributed by atoms with Gasteiger partial charge in [0.05, 0.1) is 11.6 Å². The molecule has 0 aliphatic carbocycles. The lowest BCUT2D eigenvalue weighted by molar-refractivity contribution is -0.137. The van der Waals surface area contributed by atoms with Crippen molar-refractivity contribution in [3.05, 3.63) is 28.8 Å². The van der Waals surface area contributed by atoms with E-state index < -0.39 is 11.7 Å². The lowest BCUT2D eigenvalue weighted by Gasteiger charge is -2.30. The van der Waals surface area contributed by atoms with E-state index in [2.05, 4.69) is 10.6 Å². The van der Waals surface area contributed by atoms with Crippen LogP contribution in [0.15, 0.2) is 18.2 Å². The molecular weight excluding hydrogens is 241 g/mol. The highest BCUT2D eigenvalue weighted by Gasteiger charge is 2.34. The minimum absolute atomic E-state index is 0.0577. The number of anilines is 1. The molecule has 1 aliphatic heterocycles. The molecule has 0 spiro atoms. The van der Waals surface area contributed by atoms with Gasteiger partial charge in [0.1, 0.15) is 0 Å². The summed E-state index contributed by atoms with van der Waals surface area (Å²) in [5, 5.41) is 5.91. The van der Waals surface area contributed by atoms with Crippen LogP contribution in [0.5, 0.6) is 0 Å². The maximum absolute atomic E-state index is 12.7. The summed E-state index contributed by atoms with van der Waals surface area (Å²) in [4.78, 5) is 0. The monoisotopic (exact) mass is 250 g/mol. The van der Waals surface area contributed by atoms with Crippen LogP contribution in [-0.4, -0.2) is 19.1 Å². The lowest BCUT2D eigenvalue weighted by atomic mass is 10.1. The highest BCUT2D eigenvalue weighted by molar-refractivity contribution is 6.30. The molecule has 1 fully saturated rings. The molecule has 0 amide bonds. The molecule has 0 saturated carbocycles. The molecule has 0 radical (unpaired) electrons. The van der Waals surface area contributed by atoms with Crippen molar-refractivity contribution in [3.8, 4) is 0 Å².